The lowest BCUT2D eigenvalue weighted by Crippen LogP contribution is -2.53. The molecule has 0 radical (unpaired) electrons. The molecule has 0 atom stereocenters. The van der Waals surface area contributed by atoms with Crippen molar-refractivity contribution < 1.29 is 19.1 Å². The topological polar surface area (TPSA) is 81.7 Å². The Morgan fingerprint density at radius 1 is 1.00 bits per heavy atom. The Morgan fingerprint density at radius 2 is 1.60 bits per heavy atom. The zero-order valence-electron chi connectivity index (χ0n) is 20.5. The molecule has 6 rings (SSSR count). The monoisotopic (exact) mass is 479 g/mol. The van der Waals surface area contributed by atoms with Crippen molar-refractivity contribution in [1.82, 2.24) is 10.2 Å². The quantitative estimate of drug-likeness (QED) is 0.573. The van der Waals surface area contributed by atoms with Crippen LogP contribution in [0.1, 0.15) is 69.1 Å². The van der Waals surface area contributed by atoms with Crippen LogP contribution in [0.25, 0.3) is 0 Å². The number of nitrogens with one attached hydrogen (secondary N) is 2. The first kappa shape index (κ1) is 23.8. The van der Waals surface area contributed by atoms with Crippen LogP contribution in [0.3, 0.4) is 0 Å². The number of nitrogens with zero attached hydrogens (tertiary/aromatic N) is 1. The van der Waals surface area contributed by atoms with E-state index in [1.807, 2.05) is 30.3 Å². The van der Waals surface area contributed by atoms with Gasteiger partial charge in [-0.2, -0.15) is 0 Å². The summed E-state index contributed by atoms with van der Waals surface area (Å²) >= 11 is 0. The van der Waals surface area contributed by atoms with Crippen LogP contribution in [0.5, 0.6) is 0 Å². The van der Waals surface area contributed by atoms with E-state index in [4.69, 9.17) is 0 Å². The highest BCUT2D eigenvalue weighted by Gasteiger charge is 2.53. The summed E-state index contributed by atoms with van der Waals surface area (Å²) < 4.78 is 15.1. The molecule has 35 heavy (non-hydrogen) atoms. The number of fused-ring (bicyclic) bond motifs is 4. The molecule has 3 aliphatic carbocycles. The van der Waals surface area contributed by atoms with Crippen molar-refractivity contribution in [2.75, 3.05) is 11.9 Å². The number of halogens is 1. The highest BCUT2D eigenvalue weighted by molar-refractivity contribution is 5.90. The predicted molar refractivity (Wildman–Crippen MR) is 132 cm³/mol. The molecule has 7 heteroatoms. The average Bonchev–Trinajstić information content (AvgIpc) is 3.29. The summed E-state index contributed by atoms with van der Waals surface area (Å²) in [6.07, 6.45) is 4.79. The van der Waals surface area contributed by atoms with Gasteiger partial charge in [0.05, 0.1) is 11.3 Å². The largest absolute Gasteiger partial charge is 0.389 e. The van der Waals surface area contributed by atoms with E-state index in [0.29, 0.717) is 13.1 Å². The smallest absolute Gasteiger partial charge is 0.322 e. The number of carbonyl (C=O) groups is 2. The Hall–Kier alpha value is -2.93. The number of amides is 3. The van der Waals surface area contributed by atoms with Gasteiger partial charge < -0.3 is 20.6 Å². The predicted octanol–water partition coefficient (Wildman–Crippen LogP) is 4.85. The number of anilines is 1. The Bertz CT molecular complexity index is 1110. The van der Waals surface area contributed by atoms with E-state index in [1.165, 1.54) is 0 Å². The third-order valence-electron chi connectivity index (χ3n) is 8.36. The van der Waals surface area contributed by atoms with Crippen LogP contribution in [-0.4, -0.2) is 34.1 Å². The number of rotatable bonds is 5. The van der Waals surface area contributed by atoms with Gasteiger partial charge in [-0.25, -0.2) is 9.18 Å². The minimum absolute atomic E-state index is 0.0289. The Kier molecular flexibility index (Phi) is 5.86. The lowest BCUT2D eigenvalue weighted by atomic mass is 9.51. The molecule has 186 valence electrons. The highest BCUT2D eigenvalue weighted by atomic mass is 19.1. The molecule has 1 aliphatic heterocycles. The second kappa shape index (κ2) is 8.63. The summed E-state index contributed by atoms with van der Waals surface area (Å²) in [5.41, 5.74) is 1.94. The lowest BCUT2D eigenvalue weighted by Gasteiger charge is -2.53. The minimum atomic E-state index is -0.938. The van der Waals surface area contributed by atoms with Gasteiger partial charge in [-0.3, -0.25) is 4.79 Å². The third-order valence-corrected chi connectivity index (χ3v) is 8.36. The molecule has 0 spiro atoms. The van der Waals surface area contributed by atoms with Crippen molar-refractivity contribution >= 4 is 17.6 Å². The number of hydrogen-bond donors (Lipinski definition) is 3. The van der Waals surface area contributed by atoms with Crippen molar-refractivity contribution in [3.63, 3.8) is 0 Å². The first-order valence-electron chi connectivity index (χ1n) is 12.5. The fourth-order valence-corrected chi connectivity index (χ4v) is 6.06. The summed E-state index contributed by atoms with van der Waals surface area (Å²) in [5.74, 6) is -0.395. The Labute approximate surface area is 205 Å². The van der Waals surface area contributed by atoms with Crippen molar-refractivity contribution in [3.05, 3.63) is 65.0 Å². The second-order valence-corrected chi connectivity index (χ2v) is 11.3. The van der Waals surface area contributed by atoms with Crippen molar-refractivity contribution in [1.29, 1.82) is 0 Å². The van der Waals surface area contributed by atoms with Crippen molar-refractivity contribution in [2.24, 2.45) is 5.41 Å². The SMILES string of the molecule is CC(C)(O)CNC(=O)C12CCC(c3ccc(NC(=O)N4Cc5ccccc5C4)c(F)c3)(CC1)CC2. The number of urea groups is 1. The zero-order valence-corrected chi connectivity index (χ0v) is 20.5. The van der Waals surface area contributed by atoms with Crippen molar-refractivity contribution in [2.45, 2.75) is 76.5 Å². The Morgan fingerprint density at radius 3 is 2.14 bits per heavy atom. The van der Waals surface area contributed by atoms with Crippen LogP contribution in [0.15, 0.2) is 42.5 Å². The standard InChI is InChI=1S/C28H34FN3O3/c1-26(2,35)18-30-24(33)28-12-9-27(10-13-28,11-14-28)21-7-8-23(22(29)15-21)31-25(34)32-16-19-5-3-4-6-20(19)17-32/h3-8,15,35H,9-14,16-18H2,1-2H3,(H,30,33)(H,31,34). The second-order valence-electron chi connectivity index (χ2n) is 11.3. The zero-order chi connectivity index (χ0) is 24.8. The van der Waals surface area contributed by atoms with E-state index in [1.54, 1.807) is 30.9 Å². The first-order valence-corrected chi connectivity index (χ1v) is 12.5. The summed E-state index contributed by atoms with van der Waals surface area (Å²) in [6.45, 7) is 4.65. The molecule has 0 unspecified atom stereocenters. The lowest BCUT2D eigenvalue weighted by molar-refractivity contribution is -0.138. The van der Waals surface area contributed by atoms with E-state index in [-0.39, 0.29) is 35.0 Å². The molecule has 3 N–H and O–H groups in total. The molecular weight excluding hydrogens is 445 g/mol. The minimum Gasteiger partial charge on any atom is -0.389 e. The number of benzene rings is 2. The highest BCUT2D eigenvalue weighted by Crippen LogP contribution is 2.58. The van der Waals surface area contributed by atoms with Gasteiger partial charge in [-0.05, 0) is 86.6 Å². The molecule has 3 saturated carbocycles. The maximum atomic E-state index is 15.1. The Balaban J connectivity index is 1.23. The van der Waals surface area contributed by atoms with Gasteiger partial charge >= 0.3 is 6.03 Å². The summed E-state index contributed by atoms with van der Waals surface area (Å²) in [5, 5.41) is 15.6. The van der Waals surface area contributed by atoms with E-state index in [2.05, 4.69) is 10.6 Å². The fourth-order valence-electron chi connectivity index (χ4n) is 6.06. The molecule has 4 aliphatic rings. The molecule has 2 aromatic carbocycles. The number of carbonyl (C=O) groups excluding carboxylic acids is 2. The van der Waals surface area contributed by atoms with Crippen LogP contribution in [0.4, 0.5) is 14.9 Å². The molecule has 1 heterocycles. The molecule has 6 nitrogen and oxygen atoms in total. The van der Waals surface area contributed by atoms with Crippen molar-refractivity contribution in [3.8, 4) is 0 Å². The number of hydrogen-bond acceptors (Lipinski definition) is 3. The van der Waals surface area contributed by atoms with E-state index in [9.17, 15) is 14.7 Å². The maximum Gasteiger partial charge on any atom is 0.322 e. The van der Waals surface area contributed by atoms with Gasteiger partial charge in [0, 0.05) is 25.0 Å². The van der Waals surface area contributed by atoms with Crippen LogP contribution < -0.4 is 10.6 Å². The van der Waals surface area contributed by atoms with Gasteiger partial charge in [0.15, 0.2) is 0 Å². The van der Waals surface area contributed by atoms with Crippen LogP contribution in [0, 0.1) is 11.2 Å². The molecule has 2 aromatic rings. The van der Waals surface area contributed by atoms with E-state index in [0.717, 1.165) is 55.2 Å². The fraction of sp³-hybridized carbons (Fsp3) is 0.500. The van der Waals surface area contributed by atoms with E-state index < -0.39 is 11.4 Å². The summed E-state index contributed by atoms with van der Waals surface area (Å²) in [7, 11) is 0. The van der Waals surface area contributed by atoms with Crippen LogP contribution in [-0.2, 0) is 23.3 Å². The first-order chi connectivity index (χ1) is 16.6. The average molecular weight is 480 g/mol. The normalized spacial score (nSPS) is 25.3. The maximum absolute atomic E-state index is 15.1. The summed E-state index contributed by atoms with van der Waals surface area (Å²) in [6, 6.07) is 12.8. The van der Waals surface area contributed by atoms with Gasteiger partial charge in [0.2, 0.25) is 5.91 Å². The van der Waals surface area contributed by atoms with Crippen LogP contribution in [0.2, 0.25) is 0 Å². The number of aliphatic hydroxyl groups is 1. The molecular formula is C28H34FN3O3. The third kappa shape index (κ3) is 4.54. The van der Waals surface area contributed by atoms with Gasteiger partial charge in [-0.15, -0.1) is 0 Å². The van der Waals surface area contributed by atoms with Crippen LogP contribution >= 0.6 is 0 Å². The molecule has 3 fully saturated rings. The molecule has 0 aromatic heterocycles. The molecule has 2 bridgehead atoms. The van der Waals surface area contributed by atoms with Gasteiger partial charge in [0.1, 0.15) is 5.82 Å². The van der Waals surface area contributed by atoms with E-state index >= 15 is 4.39 Å². The summed E-state index contributed by atoms with van der Waals surface area (Å²) in [4.78, 5) is 27.4. The van der Waals surface area contributed by atoms with Gasteiger partial charge in [-0.1, -0.05) is 30.3 Å². The molecule has 0 saturated heterocycles. The molecule has 3 amide bonds. The van der Waals surface area contributed by atoms with Gasteiger partial charge in [0.25, 0.3) is 0 Å².